The monoisotopic (exact) mass is 339 g/mol. The second kappa shape index (κ2) is 7.70. The Balaban J connectivity index is 1.49. The minimum atomic E-state index is -0.296. The summed E-state index contributed by atoms with van der Waals surface area (Å²) in [5.74, 6) is 0.449. The Morgan fingerprint density at radius 1 is 1.08 bits per heavy atom. The van der Waals surface area contributed by atoms with Crippen LogP contribution in [0.15, 0.2) is 52.9 Å². The lowest BCUT2D eigenvalue weighted by Gasteiger charge is -2.04. The number of hydrogen-bond acceptors (Lipinski definition) is 4. The van der Waals surface area contributed by atoms with Gasteiger partial charge in [0, 0.05) is 24.9 Å². The molecule has 2 aromatic carbocycles. The second-order valence-electron chi connectivity index (χ2n) is 5.77. The number of carbonyl (C=O) groups excluding carboxylic acids is 1. The van der Waals surface area contributed by atoms with Gasteiger partial charge < -0.3 is 9.73 Å². The van der Waals surface area contributed by atoms with Crippen LogP contribution in [0.25, 0.3) is 11.5 Å². The number of aromatic nitrogens is 2. The summed E-state index contributed by atoms with van der Waals surface area (Å²) in [6, 6.07) is 13.8. The Hall–Kier alpha value is -3.02. The van der Waals surface area contributed by atoms with Crippen molar-refractivity contribution in [1.82, 2.24) is 15.5 Å². The zero-order valence-electron chi connectivity index (χ0n) is 13.8. The van der Waals surface area contributed by atoms with Crippen LogP contribution in [0.4, 0.5) is 4.39 Å². The fourth-order valence-corrected chi connectivity index (χ4v) is 2.28. The summed E-state index contributed by atoms with van der Waals surface area (Å²) < 4.78 is 18.4. The zero-order valence-corrected chi connectivity index (χ0v) is 13.8. The van der Waals surface area contributed by atoms with Gasteiger partial charge in [-0.25, -0.2) is 4.39 Å². The molecule has 0 fully saturated rings. The molecule has 1 aromatic heterocycles. The van der Waals surface area contributed by atoms with E-state index in [-0.39, 0.29) is 18.1 Å². The maximum absolute atomic E-state index is 12.8. The molecule has 0 atom stereocenters. The number of aryl methyl sites for hydroxylation is 2. The topological polar surface area (TPSA) is 68.0 Å². The normalized spacial score (nSPS) is 10.6. The highest BCUT2D eigenvalue weighted by Gasteiger charge is 2.10. The molecule has 5 nitrogen and oxygen atoms in total. The molecule has 1 N–H and O–H groups in total. The van der Waals surface area contributed by atoms with Crippen LogP contribution >= 0.6 is 0 Å². The van der Waals surface area contributed by atoms with E-state index in [1.165, 1.54) is 12.1 Å². The van der Waals surface area contributed by atoms with Crippen molar-refractivity contribution in [2.24, 2.45) is 0 Å². The maximum Gasteiger partial charge on any atom is 0.247 e. The van der Waals surface area contributed by atoms with Gasteiger partial charge in [0.1, 0.15) is 5.82 Å². The molecule has 3 aromatic rings. The van der Waals surface area contributed by atoms with E-state index in [1.807, 2.05) is 31.2 Å². The van der Waals surface area contributed by atoms with Crippen molar-refractivity contribution >= 4 is 5.91 Å². The number of benzene rings is 2. The number of amides is 1. The van der Waals surface area contributed by atoms with Crippen LogP contribution in [0.5, 0.6) is 0 Å². The molecule has 0 radical (unpaired) electrons. The predicted octanol–water partition coefficient (Wildman–Crippen LogP) is 3.43. The van der Waals surface area contributed by atoms with Gasteiger partial charge in [-0.05, 0) is 36.8 Å². The Morgan fingerprint density at radius 2 is 1.80 bits per heavy atom. The minimum Gasteiger partial charge on any atom is -0.421 e. The molecule has 128 valence electrons. The predicted molar refractivity (Wildman–Crippen MR) is 91.0 cm³/mol. The molecular weight excluding hydrogens is 321 g/mol. The molecule has 0 saturated carbocycles. The molecule has 1 amide bonds. The molecule has 0 unspecified atom stereocenters. The van der Waals surface area contributed by atoms with E-state index in [0.29, 0.717) is 24.7 Å². The van der Waals surface area contributed by atoms with E-state index in [0.717, 1.165) is 16.7 Å². The van der Waals surface area contributed by atoms with Crippen molar-refractivity contribution in [3.8, 4) is 11.5 Å². The molecule has 0 spiro atoms. The molecule has 0 saturated heterocycles. The summed E-state index contributed by atoms with van der Waals surface area (Å²) in [6.07, 6.45) is 0.616. The summed E-state index contributed by atoms with van der Waals surface area (Å²) >= 11 is 0. The first-order chi connectivity index (χ1) is 12.1. The third-order valence-corrected chi connectivity index (χ3v) is 3.73. The fraction of sp³-hybridized carbons (Fsp3) is 0.211. The smallest absolute Gasteiger partial charge is 0.247 e. The van der Waals surface area contributed by atoms with Gasteiger partial charge in [0.25, 0.3) is 0 Å². The largest absolute Gasteiger partial charge is 0.421 e. The molecule has 0 aliphatic heterocycles. The first-order valence-corrected chi connectivity index (χ1v) is 8.01. The van der Waals surface area contributed by atoms with Crippen molar-refractivity contribution in [3.63, 3.8) is 0 Å². The molecule has 0 bridgehead atoms. The van der Waals surface area contributed by atoms with Crippen molar-refractivity contribution in [1.29, 1.82) is 0 Å². The van der Waals surface area contributed by atoms with Crippen molar-refractivity contribution < 1.29 is 13.6 Å². The van der Waals surface area contributed by atoms with Crippen molar-refractivity contribution in [2.75, 3.05) is 0 Å². The molecule has 0 aliphatic rings. The van der Waals surface area contributed by atoms with Crippen molar-refractivity contribution in [2.45, 2.75) is 26.3 Å². The lowest BCUT2D eigenvalue weighted by molar-refractivity contribution is -0.121. The number of nitrogens with zero attached hydrogens (tertiary/aromatic N) is 2. The van der Waals surface area contributed by atoms with Gasteiger partial charge in [0.15, 0.2) is 0 Å². The Morgan fingerprint density at radius 3 is 2.52 bits per heavy atom. The summed E-state index contributed by atoms with van der Waals surface area (Å²) in [7, 11) is 0. The summed E-state index contributed by atoms with van der Waals surface area (Å²) in [4.78, 5) is 11.9. The molecule has 25 heavy (non-hydrogen) atoms. The van der Waals surface area contributed by atoms with Crippen molar-refractivity contribution in [3.05, 3.63) is 71.4 Å². The first kappa shape index (κ1) is 16.8. The van der Waals surface area contributed by atoms with Gasteiger partial charge in [0.05, 0.1) is 0 Å². The third-order valence-electron chi connectivity index (χ3n) is 3.73. The summed E-state index contributed by atoms with van der Waals surface area (Å²) in [5, 5.41) is 10.8. The average Bonchev–Trinajstić information content (AvgIpc) is 3.09. The fourth-order valence-electron chi connectivity index (χ4n) is 2.28. The number of hydrogen-bond donors (Lipinski definition) is 1. The minimum absolute atomic E-state index is 0.126. The van der Waals surface area contributed by atoms with Crippen LogP contribution in [0.2, 0.25) is 0 Å². The van der Waals surface area contributed by atoms with Gasteiger partial charge in [-0.3, -0.25) is 4.79 Å². The van der Waals surface area contributed by atoms with Gasteiger partial charge in [-0.2, -0.15) is 0 Å². The van der Waals surface area contributed by atoms with Crippen LogP contribution in [0.3, 0.4) is 0 Å². The highest BCUT2D eigenvalue weighted by Crippen LogP contribution is 2.18. The van der Waals surface area contributed by atoms with Crippen LogP contribution in [-0.4, -0.2) is 16.1 Å². The van der Waals surface area contributed by atoms with Crippen LogP contribution in [0.1, 0.15) is 23.4 Å². The number of halogens is 1. The van der Waals surface area contributed by atoms with E-state index in [9.17, 15) is 9.18 Å². The average molecular weight is 339 g/mol. The Labute approximate surface area is 144 Å². The molecule has 1 heterocycles. The zero-order chi connectivity index (χ0) is 17.6. The standard InChI is InChI=1S/C19H18FN3O2/c1-13-2-6-15(7-3-13)19-23-22-18(25-19)11-10-17(24)21-12-14-4-8-16(20)9-5-14/h2-9H,10-12H2,1H3,(H,21,24). The van der Waals surface area contributed by atoms with E-state index in [1.54, 1.807) is 12.1 Å². The Bertz CT molecular complexity index is 842. The van der Waals surface area contributed by atoms with E-state index in [2.05, 4.69) is 15.5 Å². The number of rotatable bonds is 6. The lowest BCUT2D eigenvalue weighted by atomic mass is 10.1. The van der Waals surface area contributed by atoms with Gasteiger partial charge in [0.2, 0.25) is 17.7 Å². The summed E-state index contributed by atoms with van der Waals surface area (Å²) in [5.41, 5.74) is 2.85. The molecule has 3 rings (SSSR count). The summed E-state index contributed by atoms with van der Waals surface area (Å²) in [6.45, 7) is 2.37. The maximum atomic E-state index is 12.8. The van der Waals surface area contributed by atoms with Crippen LogP contribution in [0, 0.1) is 12.7 Å². The lowest BCUT2D eigenvalue weighted by Crippen LogP contribution is -2.23. The highest BCUT2D eigenvalue weighted by atomic mass is 19.1. The third kappa shape index (κ3) is 4.73. The second-order valence-corrected chi connectivity index (χ2v) is 5.77. The van der Waals surface area contributed by atoms with Gasteiger partial charge in [-0.1, -0.05) is 29.8 Å². The quantitative estimate of drug-likeness (QED) is 0.747. The SMILES string of the molecule is Cc1ccc(-c2nnc(CCC(=O)NCc3ccc(F)cc3)o2)cc1. The van der Waals surface area contributed by atoms with E-state index in [4.69, 9.17) is 4.42 Å². The Kier molecular flexibility index (Phi) is 5.18. The van der Waals surface area contributed by atoms with Crippen LogP contribution < -0.4 is 5.32 Å². The number of nitrogens with one attached hydrogen (secondary N) is 1. The molecule has 0 aliphatic carbocycles. The first-order valence-electron chi connectivity index (χ1n) is 8.01. The molecule has 6 heteroatoms. The number of carbonyl (C=O) groups is 1. The highest BCUT2D eigenvalue weighted by molar-refractivity contribution is 5.76. The molecular formula is C19H18FN3O2. The van der Waals surface area contributed by atoms with Gasteiger partial charge in [-0.15, -0.1) is 10.2 Å². The van der Waals surface area contributed by atoms with Crippen LogP contribution in [-0.2, 0) is 17.8 Å². The van der Waals surface area contributed by atoms with E-state index >= 15 is 0 Å². The van der Waals surface area contributed by atoms with Gasteiger partial charge >= 0.3 is 0 Å². The van der Waals surface area contributed by atoms with E-state index < -0.39 is 0 Å².